The van der Waals surface area contributed by atoms with Crippen LogP contribution in [0.15, 0.2) is 14.4 Å². The van der Waals surface area contributed by atoms with E-state index in [1.54, 1.807) is 4.57 Å². The fraction of sp³-hybridized carbons (Fsp3) is 0.545. The van der Waals surface area contributed by atoms with Crippen LogP contribution in [0.5, 0.6) is 0 Å². The van der Waals surface area contributed by atoms with Crippen molar-refractivity contribution >= 4 is 27.7 Å². The maximum atomic E-state index is 11.5. The fourth-order valence-corrected chi connectivity index (χ4v) is 3.48. The molecule has 0 aliphatic heterocycles. The predicted octanol–water partition coefficient (Wildman–Crippen LogP) is 2.17. The van der Waals surface area contributed by atoms with E-state index < -0.39 is 0 Å². The normalized spacial score (nSPS) is 11.2. The summed E-state index contributed by atoms with van der Waals surface area (Å²) in [6.07, 6.45) is 0. The van der Waals surface area contributed by atoms with Gasteiger partial charge >= 0.3 is 5.69 Å². The van der Waals surface area contributed by atoms with Gasteiger partial charge in [-0.1, -0.05) is 11.8 Å². The first kappa shape index (κ1) is 14.4. The Morgan fingerprint density at radius 3 is 2.74 bits per heavy atom. The van der Waals surface area contributed by atoms with Crippen molar-refractivity contribution in [2.45, 2.75) is 44.8 Å². The fourth-order valence-electron chi connectivity index (χ4n) is 1.83. The highest BCUT2D eigenvalue weighted by Crippen LogP contribution is 2.27. The largest absolute Gasteiger partial charge is 0.343 e. The number of nitrogens with zero attached hydrogens (tertiary/aromatic N) is 4. The molecule has 2 heterocycles. The Morgan fingerprint density at radius 1 is 1.37 bits per heavy atom. The van der Waals surface area contributed by atoms with Gasteiger partial charge in [-0.05, 0) is 36.7 Å². The van der Waals surface area contributed by atoms with E-state index in [2.05, 4.69) is 38.1 Å². The van der Waals surface area contributed by atoms with Gasteiger partial charge in [-0.3, -0.25) is 9.25 Å². The molecule has 2 aromatic rings. The lowest BCUT2D eigenvalue weighted by molar-refractivity contribution is 0.630. The van der Waals surface area contributed by atoms with Crippen molar-refractivity contribution in [1.29, 1.82) is 0 Å². The lowest BCUT2D eigenvalue weighted by atomic mass is 10.4. The van der Waals surface area contributed by atoms with Crippen LogP contribution in [-0.4, -0.2) is 24.5 Å². The van der Waals surface area contributed by atoms with Crippen molar-refractivity contribution in [2.75, 3.05) is 0 Å². The van der Waals surface area contributed by atoms with Gasteiger partial charge in [-0.25, -0.2) is 9.89 Å². The van der Waals surface area contributed by atoms with E-state index in [1.165, 1.54) is 11.8 Å². The van der Waals surface area contributed by atoms with E-state index in [-0.39, 0.29) is 5.69 Å². The molecule has 0 spiro atoms. The minimum atomic E-state index is -0.163. The molecule has 104 valence electrons. The van der Waals surface area contributed by atoms with Crippen molar-refractivity contribution < 1.29 is 0 Å². The molecule has 0 saturated heterocycles. The standard InChI is InChI=1S/C11H16BrN5OS/c1-4-16-10(18)13-14-11(16)19-6-8-9(12)7(3)15-17(8)5-2/h4-6H2,1-3H3,(H,13,18). The van der Waals surface area contributed by atoms with Gasteiger partial charge in [0, 0.05) is 18.8 Å². The maximum absolute atomic E-state index is 11.5. The second-order valence-corrected chi connectivity index (χ2v) is 5.74. The highest BCUT2D eigenvalue weighted by Gasteiger charge is 2.14. The van der Waals surface area contributed by atoms with Crippen molar-refractivity contribution in [3.05, 3.63) is 26.3 Å². The van der Waals surface area contributed by atoms with E-state index in [1.807, 2.05) is 18.5 Å². The molecule has 19 heavy (non-hydrogen) atoms. The van der Waals surface area contributed by atoms with Gasteiger partial charge < -0.3 is 0 Å². The predicted molar refractivity (Wildman–Crippen MR) is 78.4 cm³/mol. The molecule has 0 saturated carbocycles. The molecule has 0 atom stereocenters. The second kappa shape index (κ2) is 5.96. The number of aromatic nitrogens is 5. The Hall–Kier alpha value is -1.02. The highest BCUT2D eigenvalue weighted by molar-refractivity contribution is 9.10. The number of H-pyrrole nitrogens is 1. The van der Waals surface area contributed by atoms with Crippen LogP contribution < -0.4 is 5.69 Å². The molecule has 6 nitrogen and oxygen atoms in total. The number of hydrogen-bond donors (Lipinski definition) is 1. The quantitative estimate of drug-likeness (QED) is 0.843. The lowest BCUT2D eigenvalue weighted by Crippen LogP contribution is -2.16. The first-order valence-electron chi connectivity index (χ1n) is 6.08. The number of rotatable bonds is 5. The number of thioether (sulfide) groups is 1. The molecular weight excluding hydrogens is 330 g/mol. The summed E-state index contributed by atoms with van der Waals surface area (Å²) in [6, 6.07) is 0. The van der Waals surface area contributed by atoms with Gasteiger partial charge in [-0.15, -0.1) is 5.10 Å². The molecule has 8 heteroatoms. The van der Waals surface area contributed by atoms with Crippen molar-refractivity contribution in [3.8, 4) is 0 Å². The summed E-state index contributed by atoms with van der Waals surface area (Å²) in [5.74, 6) is 0.722. The monoisotopic (exact) mass is 345 g/mol. The average Bonchev–Trinajstić information content (AvgIpc) is 2.89. The average molecular weight is 346 g/mol. The Bertz CT molecular complexity index is 630. The van der Waals surface area contributed by atoms with E-state index >= 15 is 0 Å². The summed E-state index contributed by atoms with van der Waals surface area (Å²) in [6.45, 7) is 7.40. The molecule has 0 fully saturated rings. The summed E-state index contributed by atoms with van der Waals surface area (Å²) in [5.41, 5.74) is 1.93. The van der Waals surface area contributed by atoms with Crippen LogP contribution in [-0.2, 0) is 18.8 Å². The smallest absolute Gasteiger partial charge is 0.270 e. The number of aromatic amines is 1. The molecule has 2 rings (SSSR count). The Balaban J connectivity index is 2.21. The van der Waals surface area contributed by atoms with Crippen LogP contribution in [0.2, 0.25) is 0 Å². The minimum absolute atomic E-state index is 0.163. The third-order valence-electron chi connectivity index (χ3n) is 2.83. The minimum Gasteiger partial charge on any atom is -0.270 e. The molecule has 0 unspecified atom stereocenters. The van der Waals surface area contributed by atoms with Gasteiger partial charge in [0.05, 0.1) is 15.9 Å². The number of hydrogen-bond acceptors (Lipinski definition) is 4. The molecule has 0 aromatic carbocycles. The first-order valence-corrected chi connectivity index (χ1v) is 7.86. The SMILES string of the molecule is CCn1nc(C)c(Br)c1CSc1n[nH]c(=O)n1CC. The first-order chi connectivity index (χ1) is 9.08. The van der Waals surface area contributed by atoms with Gasteiger partial charge in [0.2, 0.25) is 0 Å². The zero-order valence-corrected chi connectivity index (χ0v) is 13.5. The highest BCUT2D eigenvalue weighted by atomic mass is 79.9. The topological polar surface area (TPSA) is 68.5 Å². The number of nitrogens with one attached hydrogen (secondary N) is 1. The van der Waals surface area contributed by atoms with Crippen molar-refractivity contribution in [3.63, 3.8) is 0 Å². The molecule has 0 aliphatic rings. The van der Waals surface area contributed by atoms with E-state index in [9.17, 15) is 4.79 Å². The van der Waals surface area contributed by atoms with Crippen LogP contribution in [0.1, 0.15) is 25.2 Å². The maximum Gasteiger partial charge on any atom is 0.343 e. The summed E-state index contributed by atoms with van der Waals surface area (Å²) >= 11 is 5.10. The van der Waals surface area contributed by atoms with E-state index in [0.717, 1.165) is 28.2 Å². The van der Waals surface area contributed by atoms with Crippen LogP contribution >= 0.6 is 27.7 Å². The van der Waals surface area contributed by atoms with Crippen LogP contribution in [0.4, 0.5) is 0 Å². The van der Waals surface area contributed by atoms with Crippen LogP contribution in [0.25, 0.3) is 0 Å². The Kier molecular flexibility index (Phi) is 4.51. The van der Waals surface area contributed by atoms with Crippen molar-refractivity contribution in [2.24, 2.45) is 0 Å². The summed E-state index contributed by atoms with van der Waals surface area (Å²) in [4.78, 5) is 11.5. The molecule has 0 amide bonds. The summed E-state index contributed by atoms with van der Waals surface area (Å²) in [5, 5.41) is 11.7. The molecule has 0 aliphatic carbocycles. The second-order valence-electron chi connectivity index (χ2n) is 4.01. The van der Waals surface area contributed by atoms with Gasteiger partial charge in [0.15, 0.2) is 5.16 Å². The lowest BCUT2D eigenvalue weighted by Gasteiger charge is -2.05. The number of aryl methyl sites for hydroxylation is 2. The Labute approximate surface area is 123 Å². The molecular formula is C11H16BrN5OS. The molecule has 1 N–H and O–H groups in total. The zero-order chi connectivity index (χ0) is 14.0. The molecule has 0 bridgehead atoms. The van der Waals surface area contributed by atoms with Crippen molar-refractivity contribution in [1.82, 2.24) is 24.5 Å². The van der Waals surface area contributed by atoms with E-state index in [0.29, 0.717) is 11.7 Å². The summed E-state index contributed by atoms with van der Waals surface area (Å²) in [7, 11) is 0. The molecule has 0 radical (unpaired) electrons. The van der Waals surface area contributed by atoms with Crippen LogP contribution in [0.3, 0.4) is 0 Å². The van der Waals surface area contributed by atoms with Gasteiger partial charge in [-0.2, -0.15) is 5.10 Å². The Morgan fingerprint density at radius 2 is 2.11 bits per heavy atom. The summed E-state index contributed by atoms with van der Waals surface area (Å²) < 4.78 is 4.62. The molecule has 2 aromatic heterocycles. The zero-order valence-electron chi connectivity index (χ0n) is 11.1. The van der Waals surface area contributed by atoms with Gasteiger partial charge in [0.25, 0.3) is 0 Å². The van der Waals surface area contributed by atoms with Crippen LogP contribution in [0, 0.1) is 6.92 Å². The third-order valence-corrected chi connectivity index (χ3v) is 4.85. The van der Waals surface area contributed by atoms with Gasteiger partial charge in [0.1, 0.15) is 0 Å². The van der Waals surface area contributed by atoms with E-state index in [4.69, 9.17) is 0 Å². The number of halogens is 1. The third kappa shape index (κ3) is 2.79.